The Bertz CT molecular complexity index is 1210. The lowest BCUT2D eigenvalue weighted by Crippen LogP contribution is -2.11. The minimum absolute atomic E-state index is 0.0524. The van der Waals surface area contributed by atoms with Crippen molar-refractivity contribution in [2.75, 3.05) is 5.32 Å². The van der Waals surface area contributed by atoms with E-state index < -0.39 is 10.0 Å². The number of hydrogen-bond acceptors (Lipinski definition) is 6. The number of hydrogen-bond donors (Lipinski definition) is 2. The molecule has 0 atom stereocenters. The van der Waals surface area contributed by atoms with Crippen LogP contribution in [0, 0.1) is 0 Å². The molecule has 2 aromatic carbocycles. The molecule has 0 aliphatic heterocycles. The van der Waals surface area contributed by atoms with E-state index in [0.717, 1.165) is 16.5 Å². The predicted octanol–water partition coefficient (Wildman–Crippen LogP) is 3.08. The highest BCUT2D eigenvalue weighted by atomic mass is 32.2. The number of nitrogens with two attached hydrogens (primary N) is 1. The molecule has 0 saturated carbocycles. The van der Waals surface area contributed by atoms with Gasteiger partial charge in [0.25, 0.3) is 0 Å². The van der Waals surface area contributed by atoms with Crippen LogP contribution in [-0.4, -0.2) is 23.4 Å². The Morgan fingerprint density at radius 1 is 0.889 bits per heavy atom. The minimum atomic E-state index is -3.73. The summed E-state index contributed by atoms with van der Waals surface area (Å²) in [6.07, 6.45) is 3.39. The van der Waals surface area contributed by atoms with Gasteiger partial charge in [0.05, 0.1) is 10.4 Å². The third-order valence-corrected chi connectivity index (χ3v) is 4.90. The third kappa shape index (κ3) is 3.62. The van der Waals surface area contributed by atoms with Crippen LogP contribution in [0.3, 0.4) is 0 Å². The van der Waals surface area contributed by atoms with E-state index in [4.69, 9.17) is 5.14 Å². The summed E-state index contributed by atoms with van der Waals surface area (Å²) in [5.41, 5.74) is 2.27. The zero-order chi connectivity index (χ0) is 18.9. The number of nitrogens with one attached hydrogen (secondary N) is 1. The molecule has 4 rings (SSSR count). The van der Waals surface area contributed by atoms with Crippen molar-refractivity contribution in [2.24, 2.45) is 5.14 Å². The van der Waals surface area contributed by atoms with Gasteiger partial charge in [-0.1, -0.05) is 12.1 Å². The lowest BCUT2D eigenvalue weighted by atomic mass is 10.2. The number of aromatic nitrogens is 3. The predicted molar refractivity (Wildman–Crippen MR) is 104 cm³/mol. The molecule has 0 amide bonds. The zero-order valence-corrected chi connectivity index (χ0v) is 14.9. The number of pyridine rings is 1. The lowest BCUT2D eigenvalue weighted by Gasteiger charge is -2.11. The molecule has 0 unspecified atom stereocenters. The average Bonchev–Trinajstić information content (AvgIpc) is 2.68. The van der Waals surface area contributed by atoms with Crippen LogP contribution in [0.4, 0.5) is 11.5 Å². The highest BCUT2D eigenvalue weighted by Gasteiger charge is 2.11. The number of sulfonamides is 1. The molecule has 2 heterocycles. The maximum Gasteiger partial charge on any atom is 0.238 e. The quantitative estimate of drug-likeness (QED) is 0.565. The monoisotopic (exact) mass is 377 g/mol. The van der Waals surface area contributed by atoms with Gasteiger partial charge in [-0.25, -0.2) is 23.5 Å². The smallest absolute Gasteiger partial charge is 0.238 e. The van der Waals surface area contributed by atoms with E-state index in [2.05, 4.69) is 20.3 Å². The van der Waals surface area contributed by atoms with Crippen molar-refractivity contribution < 1.29 is 8.42 Å². The molecular formula is C19H15N5O2S. The fourth-order valence-corrected chi connectivity index (χ4v) is 3.18. The Morgan fingerprint density at radius 3 is 2.37 bits per heavy atom. The molecule has 0 spiro atoms. The maximum atomic E-state index is 11.4. The summed E-state index contributed by atoms with van der Waals surface area (Å²) < 4.78 is 22.8. The van der Waals surface area contributed by atoms with Crippen LogP contribution in [0.25, 0.3) is 22.3 Å². The molecular weight excluding hydrogens is 362 g/mol. The Kier molecular flexibility index (Phi) is 4.27. The van der Waals surface area contributed by atoms with Gasteiger partial charge in [0.1, 0.15) is 5.82 Å². The normalized spacial score (nSPS) is 11.4. The Labute approximate surface area is 156 Å². The Hall–Kier alpha value is -3.36. The molecule has 0 bridgehead atoms. The third-order valence-electron chi connectivity index (χ3n) is 3.97. The summed E-state index contributed by atoms with van der Waals surface area (Å²) in [4.78, 5) is 13.4. The number of fused-ring (bicyclic) bond motifs is 1. The molecule has 8 heteroatoms. The largest absolute Gasteiger partial charge is 0.340 e. The second-order valence-electron chi connectivity index (χ2n) is 5.85. The number of primary sulfonamides is 1. The van der Waals surface area contributed by atoms with Crippen LogP contribution in [0.5, 0.6) is 0 Å². The summed E-state index contributed by atoms with van der Waals surface area (Å²) in [6, 6.07) is 17.5. The number of nitrogens with zero attached hydrogens (tertiary/aromatic N) is 3. The van der Waals surface area contributed by atoms with Crippen LogP contribution in [-0.2, 0) is 10.0 Å². The van der Waals surface area contributed by atoms with Crippen molar-refractivity contribution in [1.82, 2.24) is 15.0 Å². The number of benzene rings is 2. The van der Waals surface area contributed by atoms with Crippen molar-refractivity contribution >= 4 is 32.4 Å². The van der Waals surface area contributed by atoms with Gasteiger partial charge in [-0.05, 0) is 48.5 Å². The van der Waals surface area contributed by atoms with E-state index >= 15 is 0 Å². The summed E-state index contributed by atoms with van der Waals surface area (Å²) in [5, 5.41) is 9.22. The van der Waals surface area contributed by atoms with Crippen molar-refractivity contribution in [3.05, 3.63) is 73.1 Å². The van der Waals surface area contributed by atoms with Crippen LogP contribution in [0.2, 0.25) is 0 Å². The summed E-state index contributed by atoms with van der Waals surface area (Å²) in [5.74, 6) is 1.16. The fraction of sp³-hybridized carbons (Fsp3) is 0. The molecule has 2 aromatic heterocycles. The molecule has 3 N–H and O–H groups in total. The minimum Gasteiger partial charge on any atom is -0.340 e. The molecule has 7 nitrogen and oxygen atoms in total. The van der Waals surface area contributed by atoms with Crippen LogP contribution >= 0.6 is 0 Å². The second kappa shape index (κ2) is 6.75. The molecule has 4 aromatic rings. The summed E-state index contributed by atoms with van der Waals surface area (Å²) >= 11 is 0. The van der Waals surface area contributed by atoms with Crippen molar-refractivity contribution in [2.45, 2.75) is 4.90 Å². The van der Waals surface area contributed by atoms with E-state index in [9.17, 15) is 8.42 Å². The maximum absolute atomic E-state index is 11.4. The van der Waals surface area contributed by atoms with E-state index in [1.54, 1.807) is 24.5 Å². The van der Waals surface area contributed by atoms with Gasteiger partial charge >= 0.3 is 0 Å². The van der Waals surface area contributed by atoms with Crippen LogP contribution in [0.15, 0.2) is 78.0 Å². The van der Waals surface area contributed by atoms with Crippen molar-refractivity contribution in [1.29, 1.82) is 0 Å². The van der Waals surface area contributed by atoms with Gasteiger partial charge in [0.15, 0.2) is 5.82 Å². The molecule has 27 heavy (non-hydrogen) atoms. The van der Waals surface area contributed by atoms with Gasteiger partial charge in [-0.2, -0.15) is 0 Å². The molecule has 0 saturated heterocycles. The summed E-state index contributed by atoms with van der Waals surface area (Å²) in [6.45, 7) is 0. The van der Waals surface area contributed by atoms with Gasteiger partial charge < -0.3 is 5.32 Å². The standard InChI is InChI=1S/C19H15N5O2S/c20-27(25,26)15-9-7-14(8-10-15)22-19-16-5-1-2-6-17(16)23-18(24-19)13-4-3-11-21-12-13/h1-12H,(H2,20,25,26)(H,22,23,24). The highest BCUT2D eigenvalue weighted by molar-refractivity contribution is 7.89. The van der Waals surface area contributed by atoms with E-state index in [0.29, 0.717) is 17.3 Å². The first-order valence-corrected chi connectivity index (χ1v) is 9.62. The number of anilines is 2. The van der Waals surface area contributed by atoms with Gasteiger partial charge in [-0.15, -0.1) is 0 Å². The highest BCUT2D eigenvalue weighted by Crippen LogP contribution is 2.27. The first-order chi connectivity index (χ1) is 13.0. The summed E-state index contributed by atoms with van der Waals surface area (Å²) in [7, 11) is -3.73. The van der Waals surface area contributed by atoms with Crippen molar-refractivity contribution in [3.8, 4) is 11.4 Å². The molecule has 0 fully saturated rings. The Balaban J connectivity index is 1.78. The van der Waals surface area contributed by atoms with Crippen LogP contribution < -0.4 is 10.5 Å². The SMILES string of the molecule is NS(=O)(=O)c1ccc(Nc2nc(-c3cccnc3)nc3ccccc23)cc1. The molecule has 0 aliphatic rings. The van der Waals surface area contributed by atoms with E-state index in [-0.39, 0.29) is 4.90 Å². The molecule has 0 radical (unpaired) electrons. The number of para-hydroxylation sites is 1. The average molecular weight is 377 g/mol. The van der Waals surface area contributed by atoms with E-state index in [1.807, 2.05) is 36.4 Å². The molecule has 0 aliphatic carbocycles. The van der Waals surface area contributed by atoms with Gasteiger partial charge in [0, 0.05) is 29.0 Å². The lowest BCUT2D eigenvalue weighted by molar-refractivity contribution is 0.598. The number of rotatable bonds is 4. The first-order valence-electron chi connectivity index (χ1n) is 8.08. The fourth-order valence-electron chi connectivity index (χ4n) is 2.66. The topological polar surface area (TPSA) is 111 Å². The van der Waals surface area contributed by atoms with Crippen molar-refractivity contribution in [3.63, 3.8) is 0 Å². The zero-order valence-electron chi connectivity index (χ0n) is 14.1. The Morgan fingerprint density at radius 2 is 1.67 bits per heavy atom. The van der Waals surface area contributed by atoms with Crippen LogP contribution in [0.1, 0.15) is 0 Å². The van der Waals surface area contributed by atoms with Gasteiger partial charge in [0.2, 0.25) is 10.0 Å². The second-order valence-corrected chi connectivity index (χ2v) is 7.41. The van der Waals surface area contributed by atoms with E-state index in [1.165, 1.54) is 12.1 Å². The first kappa shape index (κ1) is 17.1. The molecule has 134 valence electrons. The van der Waals surface area contributed by atoms with Gasteiger partial charge in [-0.3, -0.25) is 4.98 Å².